The molecule has 0 saturated heterocycles. The number of nitrogens with one attached hydrogen (secondary N) is 1. The molecule has 154 valence electrons. The Morgan fingerprint density at radius 1 is 1.06 bits per heavy atom. The minimum Gasteiger partial charge on any atom is -0.465 e. The zero-order chi connectivity index (χ0) is 21.6. The Hall–Kier alpha value is -3.99. The summed E-state index contributed by atoms with van der Waals surface area (Å²) in [4.78, 5) is 17.6. The van der Waals surface area contributed by atoms with E-state index in [2.05, 4.69) is 36.5 Å². The minimum absolute atomic E-state index is 0.290. The third kappa shape index (κ3) is 4.78. The van der Waals surface area contributed by atoms with E-state index in [0.717, 1.165) is 22.2 Å². The molecule has 1 amide bonds. The monoisotopic (exact) mass is 409 g/mol. The summed E-state index contributed by atoms with van der Waals surface area (Å²) in [6.07, 6.45) is 6.57. The van der Waals surface area contributed by atoms with Crippen LogP contribution in [0.15, 0.2) is 88.6 Å². The van der Waals surface area contributed by atoms with Crippen molar-refractivity contribution >= 4 is 29.1 Å². The normalized spacial score (nSPS) is 11.7. The molecule has 0 aliphatic heterocycles. The number of furan rings is 1. The number of allylic oxidation sites excluding steroid dienone is 1. The van der Waals surface area contributed by atoms with Crippen LogP contribution in [0.5, 0.6) is 0 Å². The highest BCUT2D eigenvalue weighted by molar-refractivity contribution is 6.07. The fourth-order valence-corrected chi connectivity index (χ4v) is 3.27. The van der Waals surface area contributed by atoms with Gasteiger partial charge >= 0.3 is 0 Å². The molecule has 0 saturated carbocycles. The molecule has 0 radical (unpaired) electrons. The van der Waals surface area contributed by atoms with Crippen molar-refractivity contribution in [2.75, 3.05) is 0 Å². The van der Waals surface area contributed by atoms with Crippen molar-refractivity contribution < 1.29 is 9.21 Å². The largest absolute Gasteiger partial charge is 0.465 e. The molecule has 0 bridgehead atoms. The van der Waals surface area contributed by atoms with Crippen LogP contribution in [0, 0.1) is 0 Å². The van der Waals surface area contributed by atoms with Gasteiger partial charge in [-0.05, 0) is 47.9 Å². The first-order chi connectivity index (χ1) is 15.1. The number of hydrogen-bond donors (Lipinski definition) is 1. The molecule has 0 spiro atoms. The third-order valence-electron chi connectivity index (χ3n) is 4.96. The van der Waals surface area contributed by atoms with Gasteiger partial charge in [0.15, 0.2) is 0 Å². The standard InChI is InChI=1S/C26H23N3O2/c1-18(2)19-11-13-20(14-12-19)25-17-23(22-9-3-4-10-24(22)28-25)26(30)29-27-15-5-7-21-8-6-16-31-21/h3-18H,1-2H3,(H,29,30)/b7-5-,27-15?. The number of aromatic nitrogens is 1. The average molecular weight is 409 g/mol. The highest BCUT2D eigenvalue weighted by atomic mass is 16.3. The highest BCUT2D eigenvalue weighted by Crippen LogP contribution is 2.26. The molecule has 2 aromatic carbocycles. The van der Waals surface area contributed by atoms with Crippen LogP contribution in [-0.4, -0.2) is 17.1 Å². The van der Waals surface area contributed by atoms with Crippen molar-refractivity contribution in [3.8, 4) is 11.3 Å². The lowest BCUT2D eigenvalue weighted by Gasteiger charge is -2.10. The summed E-state index contributed by atoms with van der Waals surface area (Å²) in [5.74, 6) is 0.881. The van der Waals surface area contributed by atoms with Crippen LogP contribution in [0.1, 0.15) is 41.4 Å². The van der Waals surface area contributed by atoms with Gasteiger partial charge in [-0.2, -0.15) is 5.10 Å². The van der Waals surface area contributed by atoms with Gasteiger partial charge in [0.2, 0.25) is 0 Å². The van der Waals surface area contributed by atoms with Crippen LogP contribution in [-0.2, 0) is 0 Å². The lowest BCUT2D eigenvalue weighted by molar-refractivity contribution is 0.0956. The second kappa shape index (κ2) is 9.22. The van der Waals surface area contributed by atoms with E-state index in [1.54, 1.807) is 24.5 Å². The van der Waals surface area contributed by atoms with E-state index in [4.69, 9.17) is 9.40 Å². The predicted molar refractivity (Wildman–Crippen MR) is 125 cm³/mol. The number of para-hydroxylation sites is 1. The van der Waals surface area contributed by atoms with E-state index >= 15 is 0 Å². The second-order valence-electron chi connectivity index (χ2n) is 7.44. The summed E-state index contributed by atoms with van der Waals surface area (Å²) in [5.41, 5.74) is 6.87. The van der Waals surface area contributed by atoms with Gasteiger partial charge in [0.1, 0.15) is 5.76 Å². The molecular formula is C26H23N3O2. The van der Waals surface area contributed by atoms with Gasteiger partial charge in [-0.25, -0.2) is 10.4 Å². The zero-order valence-electron chi connectivity index (χ0n) is 17.4. The molecule has 4 rings (SSSR count). The van der Waals surface area contributed by atoms with Gasteiger partial charge in [-0.1, -0.05) is 56.3 Å². The summed E-state index contributed by atoms with van der Waals surface area (Å²) in [7, 11) is 0. The Kier molecular flexibility index (Phi) is 6.03. The van der Waals surface area contributed by atoms with Crippen LogP contribution in [0.4, 0.5) is 0 Å². The van der Waals surface area contributed by atoms with E-state index in [0.29, 0.717) is 17.2 Å². The third-order valence-corrected chi connectivity index (χ3v) is 4.96. The summed E-state index contributed by atoms with van der Waals surface area (Å²) in [6.45, 7) is 4.33. The van der Waals surface area contributed by atoms with Gasteiger partial charge in [0.25, 0.3) is 5.91 Å². The van der Waals surface area contributed by atoms with E-state index < -0.39 is 0 Å². The molecule has 4 aromatic rings. The predicted octanol–water partition coefficient (Wildman–Crippen LogP) is 6.05. The summed E-state index contributed by atoms with van der Waals surface area (Å²) in [6, 6.07) is 21.4. The van der Waals surface area contributed by atoms with Crippen LogP contribution >= 0.6 is 0 Å². The van der Waals surface area contributed by atoms with E-state index in [1.807, 2.05) is 48.5 Å². The molecular weight excluding hydrogens is 386 g/mol. The van der Waals surface area contributed by atoms with Gasteiger partial charge in [0.05, 0.1) is 23.0 Å². The molecule has 0 fully saturated rings. The smallest absolute Gasteiger partial charge is 0.272 e. The van der Waals surface area contributed by atoms with Gasteiger partial charge in [-0.3, -0.25) is 4.79 Å². The fraction of sp³-hybridized carbons (Fsp3) is 0.115. The molecule has 0 atom stereocenters. The van der Waals surface area contributed by atoms with Crippen molar-refractivity contribution in [2.24, 2.45) is 5.10 Å². The number of pyridine rings is 1. The summed E-state index contributed by atoms with van der Waals surface area (Å²) in [5, 5.41) is 4.80. The Morgan fingerprint density at radius 2 is 1.87 bits per heavy atom. The lowest BCUT2D eigenvalue weighted by atomic mass is 9.99. The molecule has 2 aromatic heterocycles. The maximum Gasteiger partial charge on any atom is 0.272 e. The number of hydrogen-bond acceptors (Lipinski definition) is 4. The average Bonchev–Trinajstić information content (AvgIpc) is 3.31. The lowest BCUT2D eigenvalue weighted by Crippen LogP contribution is -2.18. The van der Waals surface area contributed by atoms with Gasteiger partial charge in [0, 0.05) is 17.2 Å². The van der Waals surface area contributed by atoms with E-state index in [9.17, 15) is 4.79 Å². The number of carbonyl (C=O) groups is 1. The van der Waals surface area contributed by atoms with Gasteiger partial charge < -0.3 is 4.42 Å². The maximum atomic E-state index is 12.9. The van der Waals surface area contributed by atoms with Crippen molar-refractivity contribution in [3.63, 3.8) is 0 Å². The SMILES string of the molecule is CC(C)c1ccc(-c2cc(C(=O)NN=C/C=C\c3ccco3)c3ccccc3n2)cc1. The Labute approximate surface area is 181 Å². The zero-order valence-corrected chi connectivity index (χ0v) is 17.4. The molecule has 0 aliphatic carbocycles. The topological polar surface area (TPSA) is 67.5 Å². The van der Waals surface area contributed by atoms with Crippen LogP contribution in [0.25, 0.3) is 28.2 Å². The summed E-state index contributed by atoms with van der Waals surface area (Å²) >= 11 is 0. The van der Waals surface area contributed by atoms with Crippen LogP contribution < -0.4 is 5.43 Å². The van der Waals surface area contributed by atoms with Crippen LogP contribution in [0.3, 0.4) is 0 Å². The molecule has 31 heavy (non-hydrogen) atoms. The molecule has 1 N–H and O–H groups in total. The Bertz CT molecular complexity index is 1240. The Balaban J connectivity index is 1.60. The molecule has 0 aliphatic rings. The molecule has 2 heterocycles. The van der Waals surface area contributed by atoms with Gasteiger partial charge in [-0.15, -0.1) is 0 Å². The first-order valence-electron chi connectivity index (χ1n) is 10.2. The fourth-order valence-electron chi connectivity index (χ4n) is 3.27. The second-order valence-corrected chi connectivity index (χ2v) is 7.44. The number of benzene rings is 2. The van der Waals surface area contributed by atoms with Crippen molar-refractivity contribution in [3.05, 3.63) is 96.0 Å². The van der Waals surface area contributed by atoms with Crippen molar-refractivity contribution in [1.29, 1.82) is 0 Å². The number of rotatable bonds is 6. The van der Waals surface area contributed by atoms with E-state index in [1.165, 1.54) is 11.8 Å². The first-order valence-corrected chi connectivity index (χ1v) is 10.2. The minimum atomic E-state index is -0.290. The number of amides is 1. The first kappa shape index (κ1) is 20.3. The summed E-state index contributed by atoms with van der Waals surface area (Å²) < 4.78 is 5.21. The van der Waals surface area contributed by atoms with E-state index in [-0.39, 0.29) is 5.91 Å². The number of carbonyl (C=O) groups excluding carboxylic acids is 1. The molecule has 5 heteroatoms. The maximum absolute atomic E-state index is 12.9. The number of hydrazone groups is 1. The number of nitrogens with zero attached hydrogens (tertiary/aromatic N) is 2. The quantitative estimate of drug-likeness (QED) is 0.311. The highest BCUT2D eigenvalue weighted by Gasteiger charge is 2.13. The van der Waals surface area contributed by atoms with Crippen molar-refractivity contribution in [2.45, 2.75) is 19.8 Å². The molecule has 5 nitrogen and oxygen atoms in total. The Morgan fingerprint density at radius 3 is 2.61 bits per heavy atom. The number of fused-ring (bicyclic) bond motifs is 1. The van der Waals surface area contributed by atoms with Crippen LogP contribution in [0.2, 0.25) is 0 Å². The molecule has 0 unspecified atom stereocenters. The van der Waals surface area contributed by atoms with Crippen molar-refractivity contribution in [1.82, 2.24) is 10.4 Å².